The van der Waals surface area contributed by atoms with E-state index in [-0.39, 0.29) is 5.82 Å². The fourth-order valence-electron chi connectivity index (χ4n) is 2.23. The number of nitrogens with one attached hydrogen (secondary N) is 2. The first kappa shape index (κ1) is 12.8. The van der Waals surface area contributed by atoms with E-state index in [2.05, 4.69) is 27.4 Å². The first-order chi connectivity index (χ1) is 9.76. The molecular formula is C16H16FN3. The predicted octanol–water partition coefficient (Wildman–Crippen LogP) is 3.13. The van der Waals surface area contributed by atoms with Gasteiger partial charge in [-0.1, -0.05) is 6.07 Å². The van der Waals surface area contributed by atoms with Crippen LogP contribution >= 0.6 is 0 Å². The average molecular weight is 269 g/mol. The molecule has 2 N–H and O–H groups in total. The van der Waals surface area contributed by atoms with Crippen LogP contribution in [0.5, 0.6) is 0 Å². The molecule has 0 aliphatic heterocycles. The molecule has 1 heterocycles. The van der Waals surface area contributed by atoms with Crippen LogP contribution in [0, 0.1) is 5.82 Å². The molecule has 0 amide bonds. The van der Waals surface area contributed by atoms with Gasteiger partial charge in [0.15, 0.2) is 0 Å². The van der Waals surface area contributed by atoms with Crippen molar-refractivity contribution in [3.05, 3.63) is 53.8 Å². The number of benzene rings is 2. The van der Waals surface area contributed by atoms with Crippen LogP contribution in [0.1, 0.15) is 5.56 Å². The lowest BCUT2D eigenvalue weighted by Gasteiger charge is -1.99. The zero-order valence-corrected chi connectivity index (χ0v) is 11.3. The minimum Gasteiger partial charge on any atom is -0.338 e. The molecule has 1 aromatic heterocycles. The third-order valence-corrected chi connectivity index (χ3v) is 3.33. The molecule has 0 spiro atoms. The van der Waals surface area contributed by atoms with Crippen molar-refractivity contribution in [2.45, 2.75) is 6.42 Å². The summed E-state index contributed by atoms with van der Waals surface area (Å²) in [6.07, 6.45) is 0.983. The van der Waals surface area contributed by atoms with Gasteiger partial charge in [0.2, 0.25) is 0 Å². The molecule has 0 saturated heterocycles. The van der Waals surface area contributed by atoms with E-state index in [4.69, 9.17) is 0 Å². The van der Waals surface area contributed by atoms with Crippen molar-refractivity contribution in [2.24, 2.45) is 0 Å². The lowest BCUT2D eigenvalue weighted by atomic mass is 10.1. The molecule has 20 heavy (non-hydrogen) atoms. The zero-order chi connectivity index (χ0) is 13.9. The van der Waals surface area contributed by atoms with Crippen LogP contribution in [0.2, 0.25) is 0 Å². The van der Waals surface area contributed by atoms with Gasteiger partial charge in [-0.05, 0) is 62.0 Å². The molecule has 0 bridgehead atoms. The number of halogens is 1. The first-order valence-electron chi connectivity index (χ1n) is 6.65. The van der Waals surface area contributed by atoms with Gasteiger partial charge in [-0.25, -0.2) is 9.37 Å². The highest BCUT2D eigenvalue weighted by atomic mass is 19.1. The van der Waals surface area contributed by atoms with Crippen molar-refractivity contribution < 1.29 is 4.39 Å². The smallest absolute Gasteiger partial charge is 0.138 e. The fraction of sp³-hybridized carbons (Fsp3) is 0.188. The second kappa shape index (κ2) is 5.43. The topological polar surface area (TPSA) is 40.7 Å². The number of hydrogen-bond donors (Lipinski definition) is 2. The molecule has 102 valence electrons. The number of fused-ring (bicyclic) bond motifs is 1. The SMILES string of the molecule is CNCCc1ccc2nc(-c3ccc(F)cc3)[nH]c2c1. The van der Waals surface area contributed by atoms with E-state index in [1.165, 1.54) is 17.7 Å². The summed E-state index contributed by atoms with van der Waals surface area (Å²) in [4.78, 5) is 7.83. The summed E-state index contributed by atoms with van der Waals surface area (Å²) >= 11 is 0. The molecule has 2 aromatic carbocycles. The molecule has 3 aromatic rings. The van der Waals surface area contributed by atoms with Crippen LogP contribution in [0.4, 0.5) is 4.39 Å². The summed E-state index contributed by atoms with van der Waals surface area (Å²) < 4.78 is 12.9. The molecule has 0 aliphatic rings. The molecule has 0 fully saturated rings. The molecule has 0 saturated carbocycles. The summed E-state index contributed by atoms with van der Waals surface area (Å²) in [5.74, 6) is 0.532. The zero-order valence-electron chi connectivity index (χ0n) is 11.3. The summed E-state index contributed by atoms with van der Waals surface area (Å²) in [6.45, 7) is 0.949. The van der Waals surface area contributed by atoms with Gasteiger partial charge in [-0.3, -0.25) is 0 Å². The molecule has 3 rings (SSSR count). The third kappa shape index (κ3) is 2.56. The lowest BCUT2D eigenvalue weighted by molar-refractivity contribution is 0.628. The van der Waals surface area contributed by atoms with Gasteiger partial charge in [-0.15, -0.1) is 0 Å². The summed E-state index contributed by atoms with van der Waals surface area (Å²) in [7, 11) is 1.95. The molecule has 3 nitrogen and oxygen atoms in total. The van der Waals surface area contributed by atoms with Crippen molar-refractivity contribution in [2.75, 3.05) is 13.6 Å². The Bertz CT molecular complexity index is 716. The highest BCUT2D eigenvalue weighted by molar-refractivity contribution is 5.80. The van der Waals surface area contributed by atoms with Crippen LogP contribution in [0.3, 0.4) is 0 Å². The summed E-state index contributed by atoms with van der Waals surface area (Å²) in [5.41, 5.74) is 4.09. The maximum absolute atomic E-state index is 12.9. The number of likely N-dealkylation sites (N-methyl/N-ethyl adjacent to an activating group) is 1. The number of aromatic nitrogens is 2. The minimum absolute atomic E-state index is 0.237. The third-order valence-electron chi connectivity index (χ3n) is 3.33. The van der Waals surface area contributed by atoms with E-state index >= 15 is 0 Å². The molecule has 0 unspecified atom stereocenters. The standard InChI is InChI=1S/C16H16FN3/c1-18-9-8-11-2-7-14-15(10-11)20-16(19-14)12-3-5-13(17)6-4-12/h2-7,10,18H,8-9H2,1H3,(H,19,20). The number of H-pyrrole nitrogens is 1. The van der Waals surface area contributed by atoms with Gasteiger partial charge in [0.1, 0.15) is 11.6 Å². The largest absolute Gasteiger partial charge is 0.338 e. The van der Waals surface area contributed by atoms with Gasteiger partial charge in [-0.2, -0.15) is 0 Å². The summed E-state index contributed by atoms with van der Waals surface area (Å²) in [6, 6.07) is 12.6. The Labute approximate surface area is 116 Å². The van der Waals surface area contributed by atoms with E-state index in [1.807, 2.05) is 13.1 Å². The van der Waals surface area contributed by atoms with Gasteiger partial charge in [0.25, 0.3) is 0 Å². The Kier molecular flexibility index (Phi) is 3.48. The number of rotatable bonds is 4. The first-order valence-corrected chi connectivity index (χ1v) is 6.65. The van der Waals surface area contributed by atoms with Crippen LogP contribution in [-0.4, -0.2) is 23.6 Å². The monoisotopic (exact) mass is 269 g/mol. The number of imidazole rings is 1. The van der Waals surface area contributed by atoms with Crippen molar-refractivity contribution >= 4 is 11.0 Å². The molecule has 0 radical (unpaired) electrons. The van der Waals surface area contributed by atoms with Crippen LogP contribution in [-0.2, 0) is 6.42 Å². The molecule has 0 atom stereocenters. The highest BCUT2D eigenvalue weighted by Crippen LogP contribution is 2.21. The normalized spacial score (nSPS) is 11.1. The van der Waals surface area contributed by atoms with E-state index in [0.717, 1.165) is 35.4 Å². The average Bonchev–Trinajstić information content (AvgIpc) is 2.89. The Morgan fingerprint density at radius 3 is 2.70 bits per heavy atom. The van der Waals surface area contributed by atoms with Crippen molar-refractivity contribution in [3.63, 3.8) is 0 Å². The number of aromatic amines is 1. The summed E-state index contributed by atoms with van der Waals surface area (Å²) in [5, 5.41) is 3.14. The quantitative estimate of drug-likeness (QED) is 0.764. The van der Waals surface area contributed by atoms with Crippen molar-refractivity contribution in [1.29, 1.82) is 0 Å². The van der Waals surface area contributed by atoms with E-state index in [1.54, 1.807) is 12.1 Å². The van der Waals surface area contributed by atoms with Crippen LogP contribution in [0.25, 0.3) is 22.4 Å². The maximum atomic E-state index is 12.9. The molecule has 0 aliphatic carbocycles. The van der Waals surface area contributed by atoms with E-state index < -0.39 is 0 Å². The fourth-order valence-corrected chi connectivity index (χ4v) is 2.23. The highest BCUT2D eigenvalue weighted by Gasteiger charge is 2.06. The second-order valence-electron chi connectivity index (χ2n) is 4.80. The predicted molar refractivity (Wildman–Crippen MR) is 79.1 cm³/mol. The van der Waals surface area contributed by atoms with Gasteiger partial charge in [0.05, 0.1) is 11.0 Å². The van der Waals surface area contributed by atoms with E-state index in [9.17, 15) is 4.39 Å². The minimum atomic E-state index is -0.237. The number of hydrogen-bond acceptors (Lipinski definition) is 2. The number of nitrogens with zero attached hydrogens (tertiary/aromatic N) is 1. The van der Waals surface area contributed by atoms with Gasteiger partial charge in [0, 0.05) is 5.56 Å². The Balaban J connectivity index is 1.95. The van der Waals surface area contributed by atoms with Crippen LogP contribution in [0.15, 0.2) is 42.5 Å². The maximum Gasteiger partial charge on any atom is 0.138 e. The van der Waals surface area contributed by atoms with Gasteiger partial charge >= 0.3 is 0 Å². The van der Waals surface area contributed by atoms with E-state index in [0.29, 0.717) is 0 Å². The molecule has 4 heteroatoms. The van der Waals surface area contributed by atoms with Crippen molar-refractivity contribution in [1.82, 2.24) is 15.3 Å². The second-order valence-corrected chi connectivity index (χ2v) is 4.80. The Hall–Kier alpha value is -2.20. The Morgan fingerprint density at radius 1 is 1.15 bits per heavy atom. The van der Waals surface area contributed by atoms with Crippen LogP contribution < -0.4 is 5.32 Å². The van der Waals surface area contributed by atoms with Crippen molar-refractivity contribution in [3.8, 4) is 11.4 Å². The van der Waals surface area contributed by atoms with Gasteiger partial charge < -0.3 is 10.3 Å². The lowest BCUT2D eigenvalue weighted by Crippen LogP contribution is -2.10. The Morgan fingerprint density at radius 2 is 1.95 bits per heavy atom. The molecular weight excluding hydrogens is 253 g/mol.